The van der Waals surface area contributed by atoms with Crippen molar-refractivity contribution in [1.29, 1.82) is 0 Å². The van der Waals surface area contributed by atoms with Crippen molar-refractivity contribution in [3.63, 3.8) is 0 Å². The maximum absolute atomic E-state index is 12.9. The first-order chi connectivity index (χ1) is 27.5. The summed E-state index contributed by atoms with van der Waals surface area (Å²) in [7, 11) is 1.57. The molecule has 338 valence electrons. The van der Waals surface area contributed by atoms with E-state index in [9.17, 15) is 19.4 Å². The highest BCUT2D eigenvalue weighted by atomic mass is 31.2. The van der Waals surface area contributed by atoms with Gasteiger partial charge in [0.15, 0.2) is 0 Å². The summed E-state index contributed by atoms with van der Waals surface area (Å²) in [5.74, 6) is -0.180. The third kappa shape index (κ3) is 42.9. The molecular formula is C48H96N2O6P+. The topological polar surface area (TPSA) is 105 Å². The molecule has 3 unspecified atom stereocenters. The number of hydrogen-bond acceptors (Lipinski definition) is 5. The third-order valence-corrected chi connectivity index (χ3v) is 11.9. The van der Waals surface area contributed by atoms with Crippen LogP contribution in [0.4, 0.5) is 0 Å². The minimum atomic E-state index is -4.34. The Kier molecular flexibility index (Phi) is 39.7. The highest BCUT2D eigenvalue weighted by molar-refractivity contribution is 7.47. The van der Waals surface area contributed by atoms with Gasteiger partial charge in [-0.1, -0.05) is 199 Å². The predicted octanol–water partition coefficient (Wildman–Crippen LogP) is 13.7. The number of carbonyl (C=O) groups is 1. The van der Waals surface area contributed by atoms with E-state index in [4.69, 9.17) is 9.05 Å². The Morgan fingerprint density at radius 3 is 1.35 bits per heavy atom. The monoisotopic (exact) mass is 828 g/mol. The Labute approximate surface area is 354 Å². The second-order valence-electron chi connectivity index (χ2n) is 17.8. The molecule has 0 fully saturated rings. The number of quaternary nitrogens is 1. The van der Waals surface area contributed by atoms with Gasteiger partial charge in [0.2, 0.25) is 5.91 Å². The molecule has 9 heteroatoms. The van der Waals surface area contributed by atoms with Crippen molar-refractivity contribution in [2.24, 2.45) is 0 Å². The van der Waals surface area contributed by atoms with Crippen molar-refractivity contribution in [2.75, 3.05) is 40.9 Å². The summed E-state index contributed by atoms with van der Waals surface area (Å²) in [6, 6.07) is -0.845. The maximum atomic E-state index is 12.9. The van der Waals surface area contributed by atoms with E-state index in [-0.39, 0.29) is 19.1 Å². The molecule has 0 aromatic carbocycles. The lowest BCUT2D eigenvalue weighted by atomic mass is 10.0. The lowest BCUT2D eigenvalue weighted by molar-refractivity contribution is -0.870. The quantitative estimate of drug-likeness (QED) is 0.0244. The molecule has 57 heavy (non-hydrogen) atoms. The van der Waals surface area contributed by atoms with Crippen LogP contribution in [0.1, 0.15) is 226 Å². The van der Waals surface area contributed by atoms with E-state index in [2.05, 4.69) is 31.3 Å². The van der Waals surface area contributed by atoms with Crippen molar-refractivity contribution >= 4 is 13.7 Å². The van der Waals surface area contributed by atoms with Gasteiger partial charge in [0.1, 0.15) is 13.2 Å². The van der Waals surface area contributed by atoms with Gasteiger partial charge < -0.3 is 19.8 Å². The summed E-state index contributed by atoms with van der Waals surface area (Å²) >= 11 is 0. The van der Waals surface area contributed by atoms with E-state index in [1.165, 1.54) is 167 Å². The fourth-order valence-corrected chi connectivity index (χ4v) is 7.77. The summed E-state index contributed by atoms with van der Waals surface area (Å²) in [5, 5.41) is 13.9. The fourth-order valence-electron chi connectivity index (χ4n) is 7.04. The van der Waals surface area contributed by atoms with Crippen molar-refractivity contribution in [2.45, 2.75) is 238 Å². The Morgan fingerprint density at radius 2 is 0.947 bits per heavy atom. The molecule has 0 bridgehead atoms. The number of nitrogens with one attached hydrogen (secondary N) is 1. The molecular weight excluding hydrogens is 732 g/mol. The molecule has 0 saturated heterocycles. The summed E-state index contributed by atoms with van der Waals surface area (Å²) in [4.78, 5) is 23.2. The molecule has 8 nitrogen and oxygen atoms in total. The number of allylic oxidation sites excluding steroid dienone is 3. The average molecular weight is 828 g/mol. The molecule has 0 radical (unpaired) electrons. The van der Waals surface area contributed by atoms with Crippen molar-refractivity contribution in [1.82, 2.24) is 5.32 Å². The minimum Gasteiger partial charge on any atom is -0.387 e. The predicted molar refractivity (Wildman–Crippen MR) is 245 cm³/mol. The van der Waals surface area contributed by atoms with Gasteiger partial charge in [-0.25, -0.2) is 4.57 Å². The second kappa shape index (κ2) is 40.4. The maximum Gasteiger partial charge on any atom is 0.472 e. The van der Waals surface area contributed by atoms with Gasteiger partial charge in [0.25, 0.3) is 0 Å². The van der Waals surface area contributed by atoms with Crippen LogP contribution in [0.15, 0.2) is 24.3 Å². The third-order valence-electron chi connectivity index (χ3n) is 10.9. The highest BCUT2D eigenvalue weighted by Crippen LogP contribution is 2.43. The van der Waals surface area contributed by atoms with E-state index in [0.717, 1.165) is 38.5 Å². The molecule has 3 atom stereocenters. The number of hydrogen-bond donors (Lipinski definition) is 3. The summed E-state index contributed by atoms with van der Waals surface area (Å²) in [6.07, 6.45) is 48.1. The molecule has 0 aliphatic rings. The summed E-state index contributed by atoms with van der Waals surface area (Å²) in [6.45, 7) is 4.82. The van der Waals surface area contributed by atoms with Crippen LogP contribution < -0.4 is 5.32 Å². The van der Waals surface area contributed by atoms with Gasteiger partial charge >= 0.3 is 7.82 Å². The molecule has 0 spiro atoms. The number of aliphatic hydroxyl groups is 1. The number of rotatable bonds is 44. The smallest absolute Gasteiger partial charge is 0.387 e. The Bertz CT molecular complexity index is 984. The van der Waals surface area contributed by atoms with Crippen LogP contribution >= 0.6 is 7.82 Å². The van der Waals surface area contributed by atoms with E-state index in [0.29, 0.717) is 17.4 Å². The van der Waals surface area contributed by atoms with Gasteiger partial charge in [-0.15, -0.1) is 0 Å². The first-order valence-corrected chi connectivity index (χ1v) is 25.7. The molecule has 0 aromatic rings. The zero-order chi connectivity index (χ0) is 42.1. The number of aliphatic hydroxyl groups excluding tert-OH is 1. The molecule has 0 aliphatic carbocycles. The van der Waals surface area contributed by atoms with Gasteiger partial charge in [0, 0.05) is 6.42 Å². The zero-order valence-electron chi connectivity index (χ0n) is 38.3. The number of carbonyl (C=O) groups excluding carboxylic acids is 1. The van der Waals surface area contributed by atoms with Gasteiger partial charge in [-0.3, -0.25) is 13.8 Å². The molecule has 1 amide bonds. The van der Waals surface area contributed by atoms with Gasteiger partial charge in [0.05, 0.1) is 39.9 Å². The van der Waals surface area contributed by atoms with E-state index in [1.54, 1.807) is 6.08 Å². The van der Waals surface area contributed by atoms with Crippen LogP contribution in [0.3, 0.4) is 0 Å². The lowest BCUT2D eigenvalue weighted by Crippen LogP contribution is -2.45. The molecule has 0 rings (SSSR count). The van der Waals surface area contributed by atoms with Crippen LogP contribution in [-0.4, -0.2) is 73.4 Å². The van der Waals surface area contributed by atoms with Gasteiger partial charge in [-0.05, 0) is 44.9 Å². The van der Waals surface area contributed by atoms with Crippen LogP contribution in [0.5, 0.6) is 0 Å². The summed E-state index contributed by atoms with van der Waals surface area (Å²) < 4.78 is 23.6. The van der Waals surface area contributed by atoms with Crippen LogP contribution in [-0.2, 0) is 18.4 Å². The second-order valence-corrected chi connectivity index (χ2v) is 19.3. The van der Waals surface area contributed by atoms with Crippen molar-refractivity contribution < 1.29 is 32.9 Å². The number of nitrogens with zero attached hydrogens (tertiary/aromatic N) is 1. The standard InChI is InChI=1S/C48H95N2O6P/c1-6-8-10-12-14-16-18-20-22-24-26-27-29-31-33-35-37-39-41-47(51)46(45-56-57(53,54)55-44-43-50(3,4)5)49-48(52)42-40-38-36-34-32-30-28-25-23-21-19-17-15-13-11-9-7-2/h21,23,39,41,46-47,51H,6-20,22,24-38,40,42-45H2,1-5H3,(H-,49,52,53,54)/p+1/b23-21-,41-39+. The van der Waals surface area contributed by atoms with Crippen LogP contribution in [0, 0.1) is 0 Å². The van der Waals surface area contributed by atoms with E-state index in [1.807, 2.05) is 27.2 Å². The number of phosphoric acid groups is 1. The van der Waals surface area contributed by atoms with Crippen molar-refractivity contribution in [3.05, 3.63) is 24.3 Å². The molecule has 0 aromatic heterocycles. The molecule has 0 saturated carbocycles. The molecule has 0 heterocycles. The number of amides is 1. The number of unbranched alkanes of at least 4 members (excludes halogenated alkanes) is 29. The van der Waals surface area contributed by atoms with Crippen molar-refractivity contribution in [3.8, 4) is 0 Å². The number of phosphoric ester groups is 1. The first-order valence-electron chi connectivity index (χ1n) is 24.2. The van der Waals surface area contributed by atoms with Gasteiger partial charge in [-0.2, -0.15) is 0 Å². The average Bonchev–Trinajstić information content (AvgIpc) is 3.16. The van der Waals surface area contributed by atoms with E-state index >= 15 is 0 Å². The largest absolute Gasteiger partial charge is 0.472 e. The van der Waals surface area contributed by atoms with E-state index < -0.39 is 20.0 Å². The fraction of sp³-hybridized carbons (Fsp3) is 0.896. The van der Waals surface area contributed by atoms with Crippen LogP contribution in [0.25, 0.3) is 0 Å². The van der Waals surface area contributed by atoms with Crippen LogP contribution in [0.2, 0.25) is 0 Å². The molecule has 0 aliphatic heterocycles. The minimum absolute atomic E-state index is 0.0619. The molecule has 3 N–H and O–H groups in total. The Balaban J connectivity index is 4.37. The SMILES string of the molecule is CCCCCCCC/C=C\CCCCCCCCCC(=O)NC(COP(=O)(O)OCC[N+](C)(C)C)C(O)/C=C/CCCCCCCCCCCCCCCCCC. The summed E-state index contributed by atoms with van der Waals surface area (Å²) in [5.41, 5.74) is 0. The zero-order valence-corrected chi connectivity index (χ0v) is 39.2. The number of likely N-dealkylation sites (N-methyl/N-ethyl adjacent to an activating group) is 1. The Morgan fingerprint density at radius 1 is 0.579 bits per heavy atom. The first kappa shape index (κ1) is 56.0. The normalized spacial score (nSPS) is 14.4. The highest BCUT2D eigenvalue weighted by Gasteiger charge is 2.27. The lowest BCUT2D eigenvalue weighted by Gasteiger charge is -2.25. The Hall–Kier alpha value is -1.02.